The van der Waals surface area contributed by atoms with Crippen LogP contribution in [0.5, 0.6) is 0 Å². The van der Waals surface area contributed by atoms with Crippen molar-refractivity contribution in [3.63, 3.8) is 0 Å². The number of hydrogen-bond donors (Lipinski definition) is 2. The SMILES string of the molecule is CNCC(N)=C1CCC1. The van der Waals surface area contributed by atoms with Crippen LogP contribution in [-0.2, 0) is 0 Å². The number of nitrogens with two attached hydrogens (primary N) is 1. The molecule has 0 aliphatic heterocycles. The summed E-state index contributed by atoms with van der Waals surface area (Å²) in [6, 6.07) is 0. The molecule has 0 aromatic rings. The molecule has 1 aliphatic carbocycles. The van der Waals surface area contributed by atoms with Gasteiger partial charge in [0.1, 0.15) is 0 Å². The summed E-state index contributed by atoms with van der Waals surface area (Å²) in [6.45, 7) is 0.856. The van der Waals surface area contributed by atoms with Crippen LogP contribution < -0.4 is 11.1 Å². The fraction of sp³-hybridized carbons (Fsp3) is 0.714. The van der Waals surface area contributed by atoms with E-state index in [2.05, 4.69) is 5.32 Å². The molecule has 52 valence electrons. The monoisotopic (exact) mass is 126 g/mol. The van der Waals surface area contributed by atoms with Gasteiger partial charge in [-0.05, 0) is 26.3 Å². The van der Waals surface area contributed by atoms with Crippen molar-refractivity contribution in [3.05, 3.63) is 11.3 Å². The second-order valence-corrected chi connectivity index (χ2v) is 2.51. The summed E-state index contributed by atoms with van der Waals surface area (Å²) in [4.78, 5) is 0. The van der Waals surface area contributed by atoms with Gasteiger partial charge in [-0.1, -0.05) is 5.57 Å². The Morgan fingerprint density at radius 2 is 2.33 bits per heavy atom. The molecule has 3 N–H and O–H groups in total. The van der Waals surface area contributed by atoms with Crippen LogP contribution in [0.3, 0.4) is 0 Å². The van der Waals surface area contributed by atoms with Gasteiger partial charge in [0.25, 0.3) is 0 Å². The summed E-state index contributed by atoms with van der Waals surface area (Å²) < 4.78 is 0. The lowest BCUT2D eigenvalue weighted by molar-refractivity contribution is 0.639. The first-order chi connectivity index (χ1) is 4.34. The summed E-state index contributed by atoms with van der Waals surface area (Å²) in [5, 5.41) is 3.03. The summed E-state index contributed by atoms with van der Waals surface area (Å²) in [5.74, 6) is 0. The quantitative estimate of drug-likeness (QED) is 0.568. The molecule has 0 radical (unpaired) electrons. The van der Waals surface area contributed by atoms with E-state index < -0.39 is 0 Å². The lowest BCUT2D eigenvalue weighted by Gasteiger charge is -2.19. The molecule has 1 rings (SSSR count). The molecule has 0 amide bonds. The van der Waals surface area contributed by atoms with Gasteiger partial charge in [0.05, 0.1) is 0 Å². The standard InChI is InChI=1S/C7H14N2/c1-9-5-7(8)6-3-2-4-6/h9H,2-5,8H2,1H3. The van der Waals surface area contributed by atoms with E-state index in [0.29, 0.717) is 0 Å². The Morgan fingerprint density at radius 1 is 1.67 bits per heavy atom. The first kappa shape index (κ1) is 6.62. The van der Waals surface area contributed by atoms with Gasteiger partial charge < -0.3 is 11.1 Å². The molecule has 0 aromatic heterocycles. The van der Waals surface area contributed by atoms with E-state index in [4.69, 9.17) is 5.73 Å². The van der Waals surface area contributed by atoms with E-state index in [9.17, 15) is 0 Å². The molecule has 1 aliphatic rings. The summed E-state index contributed by atoms with van der Waals surface area (Å²) in [6.07, 6.45) is 3.79. The highest BCUT2D eigenvalue weighted by molar-refractivity contribution is 5.17. The molecule has 0 bridgehead atoms. The minimum atomic E-state index is 0.856. The van der Waals surface area contributed by atoms with E-state index in [1.807, 2.05) is 7.05 Å². The molecule has 1 fully saturated rings. The van der Waals surface area contributed by atoms with Crippen molar-refractivity contribution in [1.29, 1.82) is 0 Å². The van der Waals surface area contributed by atoms with Gasteiger partial charge in [0.15, 0.2) is 0 Å². The molecule has 0 heterocycles. The van der Waals surface area contributed by atoms with Crippen LogP contribution in [0.25, 0.3) is 0 Å². The largest absolute Gasteiger partial charge is 0.401 e. The molecule has 2 nitrogen and oxygen atoms in total. The molecule has 0 spiro atoms. The fourth-order valence-electron chi connectivity index (χ4n) is 0.990. The summed E-state index contributed by atoms with van der Waals surface area (Å²) in [7, 11) is 1.92. The zero-order chi connectivity index (χ0) is 6.69. The van der Waals surface area contributed by atoms with Gasteiger partial charge in [-0.25, -0.2) is 0 Å². The zero-order valence-electron chi connectivity index (χ0n) is 5.91. The molecular weight excluding hydrogens is 112 g/mol. The van der Waals surface area contributed by atoms with Crippen molar-refractivity contribution in [2.24, 2.45) is 5.73 Å². The van der Waals surface area contributed by atoms with Crippen LogP contribution in [0.2, 0.25) is 0 Å². The first-order valence-electron chi connectivity index (χ1n) is 3.45. The predicted octanol–water partition coefficient (Wildman–Crippen LogP) is 0.602. The third-order valence-corrected chi connectivity index (χ3v) is 1.78. The smallest absolute Gasteiger partial charge is 0.0349 e. The van der Waals surface area contributed by atoms with Gasteiger partial charge in [-0.15, -0.1) is 0 Å². The minimum absolute atomic E-state index is 0.856. The highest BCUT2D eigenvalue weighted by Crippen LogP contribution is 2.26. The van der Waals surface area contributed by atoms with E-state index >= 15 is 0 Å². The minimum Gasteiger partial charge on any atom is -0.401 e. The maximum Gasteiger partial charge on any atom is 0.0349 e. The third-order valence-electron chi connectivity index (χ3n) is 1.78. The molecule has 0 saturated heterocycles. The number of rotatable bonds is 2. The van der Waals surface area contributed by atoms with Crippen LogP contribution in [0.1, 0.15) is 19.3 Å². The van der Waals surface area contributed by atoms with Crippen LogP contribution >= 0.6 is 0 Å². The maximum atomic E-state index is 5.71. The molecule has 2 heteroatoms. The van der Waals surface area contributed by atoms with Crippen molar-refractivity contribution >= 4 is 0 Å². The van der Waals surface area contributed by atoms with Crippen LogP contribution in [0.4, 0.5) is 0 Å². The Labute approximate surface area is 56.1 Å². The Kier molecular flexibility index (Phi) is 2.11. The second-order valence-electron chi connectivity index (χ2n) is 2.51. The first-order valence-corrected chi connectivity index (χ1v) is 3.45. The number of likely N-dealkylation sites (N-methyl/N-ethyl adjacent to an activating group) is 1. The van der Waals surface area contributed by atoms with Crippen molar-refractivity contribution in [1.82, 2.24) is 5.32 Å². The van der Waals surface area contributed by atoms with Crippen molar-refractivity contribution < 1.29 is 0 Å². The lowest BCUT2D eigenvalue weighted by atomic mass is 9.91. The highest BCUT2D eigenvalue weighted by Gasteiger charge is 2.10. The second kappa shape index (κ2) is 2.87. The predicted molar refractivity (Wildman–Crippen MR) is 39.0 cm³/mol. The number of nitrogens with one attached hydrogen (secondary N) is 1. The fourth-order valence-corrected chi connectivity index (χ4v) is 0.990. The highest BCUT2D eigenvalue weighted by atomic mass is 14.8. The van der Waals surface area contributed by atoms with Gasteiger partial charge in [-0.3, -0.25) is 0 Å². The molecule has 1 saturated carbocycles. The lowest BCUT2D eigenvalue weighted by Crippen LogP contribution is -2.20. The van der Waals surface area contributed by atoms with Crippen LogP contribution in [-0.4, -0.2) is 13.6 Å². The molecule has 0 atom stereocenters. The zero-order valence-corrected chi connectivity index (χ0v) is 5.91. The van der Waals surface area contributed by atoms with E-state index in [1.165, 1.54) is 24.8 Å². The Hall–Kier alpha value is -0.500. The topological polar surface area (TPSA) is 38.0 Å². The van der Waals surface area contributed by atoms with Crippen LogP contribution in [0, 0.1) is 0 Å². The molecule has 0 unspecified atom stereocenters. The molecule has 9 heavy (non-hydrogen) atoms. The van der Waals surface area contributed by atoms with E-state index in [0.717, 1.165) is 12.2 Å². The Balaban J connectivity index is 2.36. The summed E-state index contributed by atoms with van der Waals surface area (Å²) >= 11 is 0. The van der Waals surface area contributed by atoms with Gasteiger partial charge in [-0.2, -0.15) is 0 Å². The van der Waals surface area contributed by atoms with Crippen molar-refractivity contribution in [3.8, 4) is 0 Å². The third kappa shape index (κ3) is 1.45. The summed E-state index contributed by atoms with van der Waals surface area (Å²) in [5.41, 5.74) is 8.23. The van der Waals surface area contributed by atoms with E-state index in [-0.39, 0.29) is 0 Å². The average molecular weight is 126 g/mol. The Morgan fingerprint density at radius 3 is 2.67 bits per heavy atom. The normalized spacial score (nSPS) is 17.2. The van der Waals surface area contributed by atoms with Gasteiger partial charge in [0, 0.05) is 12.2 Å². The Bertz CT molecular complexity index is 121. The van der Waals surface area contributed by atoms with E-state index in [1.54, 1.807) is 0 Å². The number of allylic oxidation sites excluding steroid dienone is 1. The van der Waals surface area contributed by atoms with Crippen molar-refractivity contribution in [2.75, 3.05) is 13.6 Å². The van der Waals surface area contributed by atoms with Crippen molar-refractivity contribution in [2.45, 2.75) is 19.3 Å². The average Bonchev–Trinajstić information content (AvgIpc) is 1.60. The number of hydrogen-bond acceptors (Lipinski definition) is 2. The maximum absolute atomic E-state index is 5.71. The van der Waals surface area contributed by atoms with Crippen LogP contribution in [0.15, 0.2) is 11.3 Å². The molecular formula is C7H14N2. The molecule has 0 aromatic carbocycles. The van der Waals surface area contributed by atoms with Gasteiger partial charge in [0.2, 0.25) is 0 Å². The van der Waals surface area contributed by atoms with Gasteiger partial charge >= 0.3 is 0 Å².